The lowest BCUT2D eigenvalue weighted by Gasteiger charge is -2.23. The lowest BCUT2D eigenvalue weighted by molar-refractivity contribution is -0.127. The second-order valence-corrected chi connectivity index (χ2v) is 5.51. The monoisotopic (exact) mass is 228 g/mol. The Morgan fingerprint density at radius 3 is 2.56 bits per heavy atom. The van der Waals surface area contributed by atoms with Gasteiger partial charge in [-0.2, -0.15) is 0 Å². The number of piperidine rings is 1. The summed E-state index contributed by atoms with van der Waals surface area (Å²) >= 11 is 0. The van der Waals surface area contributed by atoms with Crippen LogP contribution in [0.1, 0.15) is 33.6 Å². The van der Waals surface area contributed by atoms with Gasteiger partial charge in [0.05, 0.1) is 6.61 Å². The molecule has 0 bridgehead atoms. The second-order valence-electron chi connectivity index (χ2n) is 5.51. The minimum absolute atomic E-state index is 0.0264. The van der Waals surface area contributed by atoms with Crippen LogP contribution in [-0.2, 0) is 9.53 Å². The molecule has 94 valence electrons. The Kier molecular flexibility index (Phi) is 5.22. The van der Waals surface area contributed by atoms with E-state index in [0.717, 1.165) is 25.9 Å². The van der Waals surface area contributed by atoms with Crippen molar-refractivity contribution < 1.29 is 9.53 Å². The molecule has 1 amide bonds. The maximum atomic E-state index is 11.5. The summed E-state index contributed by atoms with van der Waals surface area (Å²) in [7, 11) is 0. The number of nitrogens with one attached hydrogen (secondary N) is 2. The summed E-state index contributed by atoms with van der Waals surface area (Å²) in [4.78, 5) is 11.5. The summed E-state index contributed by atoms with van der Waals surface area (Å²) in [5.74, 6) is 0.588. The Balaban J connectivity index is 2.08. The summed E-state index contributed by atoms with van der Waals surface area (Å²) < 4.78 is 5.44. The van der Waals surface area contributed by atoms with Crippen molar-refractivity contribution in [3.8, 4) is 0 Å². The topological polar surface area (TPSA) is 50.4 Å². The predicted octanol–water partition coefficient (Wildman–Crippen LogP) is 0.917. The Morgan fingerprint density at radius 2 is 2.00 bits per heavy atom. The van der Waals surface area contributed by atoms with Gasteiger partial charge in [-0.05, 0) is 52.6 Å². The van der Waals surface area contributed by atoms with E-state index in [-0.39, 0.29) is 18.1 Å². The van der Waals surface area contributed by atoms with E-state index in [9.17, 15) is 4.79 Å². The fourth-order valence-electron chi connectivity index (χ4n) is 1.82. The fourth-order valence-corrected chi connectivity index (χ4v) is 1.82. The van der Waals surface area contributed by atoms with Gasteiger partial charge in [0.1, 0.15) is 6.61 Å². The maximum absolute atomic E-state index is 11.5. The van der Waals surface area contributed by atoms with Crippen molar-refractivity contribution in [3.05, 3.63) is 0 Å². The van der Waals surface area contributed by atoms with Crippen molar-refractivity contribution in [2.75, 3.05) is 26.3 Å². The molecule has 1 heterocycles. The average molecular weight is 228 g/mol. The first-order valence-electron chi connectivity index (χ1n) is 6.07. The van der Waals surface area contributed by atoms with E-state index in [1.165, 1.54) is 0 Å². The molecule has 1 saturated heterocycles. The molecule has 0 spiro atoms. The molecule has 0 atom stereocenters. The molecule has 0 aromatic rings. The molecule has 1 aliphatic rings. The van der Waals surface area contributed by atoms with Gasteiger partial charge < -0.3 is 15.4 Å². The summed E-state index contributed by atoms with van der Waals surface area (Å²) in [6, 6.07) is 0. The van der Waals surface area contributed by atoms with Crippen molar-refractivity contribution in [1.29, 1.82) is 0 Å². The summed E-state index contributed by atoms with van der Waals surface area (Å²) in [5.41, 5.74) is -0.171. The van der Waals surface area contributed by atoms with Crippen LogP contribution in [0, 0.1) is 5.92 Å². The van der Waals surface area contributed by atoms with Crippen molar-refractivity contribution in [1.82, 2.24) is 10.6 Å². The minimum atomic E-state index is -0.171. The van der Waals surface area contributed by atoms with Crippen LogP contribution in [0.25, 0.3) is 0 Å². The lowest BCUT2D eigenvalue weighted by Crippen LogP contribution is -2.42. The molecule has 1 rings (SSSR count). The number of hydrogen-bond donors (Lipinski definition) is 2. The van der Waals surface area contributed by atoms with Gasteiger partial charge in [-0.25, -0.2) is 0 Å². The smallest absolute Gasteiger partial charge is 0.246 e. The Labute approximate surface area is 98.1 Å². The molecule has 0 saturated carbocycles. The van der Waals surface area contributed by atoms with Gasteiger partial charge in [0.15, 0.2) is 0 Å². The number of carbonyl (C=O) groups is 1. The van der Waals surface area contributed by atoms with Gasteiger partial charge >= 0.3 is 0 Å². The van der Waals surface area contributed by atoms with E-state index in [2.05, 4.69) is 10.6 Å². The molecule has 2 N–H and O–H groups in total. The molecule has 0 unspecified atom stereocenters. The second kappa shape index (κ2) is 6.21. The molecule has 1 fully saturated rings. The van der Waals surface area contributed by atoms with Crippen LogP contribution in [0.5, 0.6) is 0 Å². The van der Waals surface area contributed by atoms with Crippen LogP contribution < -0.4 is 10.6 Å². The largest absolute Gasteiger partial charge is 0.371 e. The van der Waals surface area contributed by atoms with Crippen LogP contribution in [-0.4, -0.2) is 37.7 Å². The molecule has 16 heavy (non-hydrogen) atoms. The van der Waals surface area contributed by atoms with Crippen molar-refractivity contribution >= 4 is 5.91 Å². The zero-order valence-corrected chi connectivity index (χ0v) is 10.6. The standard InChI is InChI=1S/C12H24N2O2/c1-12(2,3)14-11(15)9-16-8-10-4-6-13-7-5-10/h10,13H,4-9H2,1-3H3,(H,14,15). The number of carbonyl (C=O) groups excluding carboxylic acids is 1. The van der Waals surface area contributed by atoms with E-state index < -0.39 is 0 Å². The Morgan fingerprint density at radius 1 is 1.38 bits per heavy atom. The van der Waals surface area contributed by atoms with E-state index in [4.69, 9.17) is 4.74 Å². The SMILES string of the molecule is CC(C)(C)NC(=O)COCC1CCNCC1. The highest BCUT2D eigenvalue weighted by Gasteiger charge is 2.16. The van der Waals surface area contributed by atoms with Crippen LogP contribution in [0.3, 0.4) is 0 Å². The van der Waals surface area contributed by atoms with Crippen LogP contribution in [0.15, 0.2) is 0 Å². The van der Waals surface area contributed by atoms with E-state index in [1.807, 2.05) is 20.8 Å². The van der Waals surface area contributed by atoms with Crippen molar-refractivity contribution in [2.24, 2.45) is 5.92 Å². The average Bonchev–Trinajstić information content (AvgIpc) is 2.16. The third-order valence-electron chi connectivity index (χ3n) is 2.56. The number of ether oxygens (including phenoxy) is 1. The van der Waals surface area contributed by atoms with Gasteiger partial charge in [-0.15, -0.1) is 0 Å². The fraction of sp³-hybridized carbons (Fsp3) is 0.917. The first-order chi connectivity index (χ1) is 7.47. The van der Waals surface area contributed by atoms with Gasteiger partial charge in [-0.3, -0.25) is 4.79 Å². The Bertz CT molecular complexity index is 218. The number of hydrogen-bond acceptors (Lipinski definition) is 3. The predicted molar refractivity (Wildman–Crippen MR) is 64.3 cm³/mol. The van der Waals surface area contributed by atoms with Crippen molar-refractivity contribution in [2.45, 2.75) is 39.2 Å². The maximum Gasteiger partial charge on any atom is 0.246 e. The number of amides is 1. The summed E-state index contributed by atoms with van der Waals surface area (Å²) in [5, 5.41) is 6.19. The first-order valence-corrected chi connectivity index (χ1v) is 6.07. The first kappa shape index (κ1) is 13.5. The summed E-state index contributed by atoms with van der Waals surface area (Å²) in [6.45, 7) is 8.94. The molecule has 0 radical (unpaired) electrons. The molecule has 0 aliphatic carbocycles. The van der Waals surface area contributed by atoms with Crippen LogP contribution in [0.4, 0.5) is 0 Å². The molecule has 0 aromatic carbocycles. The van der Waals surface area contributed by atoms with E-state index in [1.54, 1.807) is 0 Å². The third kappa shape index (κ3) is 6.08. The normalized spacial score (nSPS) is 18.4. The third-order valence-corrected chi connectivity index (χ3v) is 2.56. The zero-order chi connectivity index (χ0) is 12.0. The Hall–Kier alpha value is -0.610. The minimum Gasteiger partial charge on any atom is -0.371 e. The number of rotatable bonds is 4. The molecule has 1 aliphatic heterocycles. The highest BCUT2D eigenvalue weighted by atomic mass is 16.5. The molecule has 4 heteroatoms. The van der Waals surface area contributed by atoms with Gasteiger partial charge in [0.2, 0.25) is 5.91 Å². The zero-order valence-electron chi connectivity index (χ0n) is 10.6. The van der Waals surface area contributed by atoms with Gasteiger partial charge in [-0.1, -0.05) is 0 Å². The summed E-state index contributed by atoms with van der Waals surface area (Å²) in [6.07, 6.45) is 2.31. The van der Waals surface area contributed by atoms with Gasteiger partial charge in [0.25, 0.3) is 0 Å². The quantitative estimate of drug-likeness (QED) is 0.752. The molecule has 4 nitrogen and oxygen atoms in total. The van der Waals surface area contributed by atoms with E-state index >= 15 is 0 Å². The van der Waals surface area contributed by atoms with Crippen molar-refractivity contribution in [3.63, 3.8) is 0 Å². The van der Waals surface area contributed by atoms with Gasteiger partial charge in [0, 0.05) is 5.54 Å². The highest BCUT2D eigenvalue weighted by Crippen LogP contribution is 2.11. The molecular formula is C12H24N2O2. The van der Waals surface area contributed by atoms with Crippen LogP contribution >= 0.6 is 0 Å². The van der Waals surface area contributed by atoms with Crippen LogP contribution in [0.2, 0.25) is 0 Å². The van der Waals surface area contributed by atoms with E-state index in [0.29, 0.717) is 12.5 Å². The lowest BCUT2D eigenvalue weighted by atomic mass is 9.99. The highest BCUT2D eigenvalue weighted by molar-refractivity contribution is 5.77. The molecule has 0 aromatic heterocycles. The molecular weight excluding hydrogens is 204 g/mol.